The minimum absolute atomic E-state index is 0.236. The minimum Gasteiger partial charge on any atom is -0.467 e. The Kier molecular flexibility index (Phi) is 6.22. The number of carbonyl (C=O) groups excluding carboxylic acids is 1. The quantitative estimate of drug-likeness (QED) is 0.570. The number of hydrogen-bond donors (Lipinski definition) is 0. The van der Waals surface area contributed by atoms with E-state index in [1.54, 1.807) is 4.57 Å². The normalized spacial score (nSPS) is 12.4. The fourth-order valence-corrected chi connectivity index (χ4v) is 3.54. The molecule has 5 nitrogen and oxygen atoms in total. The number of rotatable bonds is 5. The molecule has 0 radical (unpaired) electrons. The van der Waals surface area contributed by atoms with Crippen molar-refractivity contribution in [2.45, 2.75) is 39.4 Å². The van der Waals surface area contributed by atoms with Gasteiger partial charge in [-0.1, -0.05) is 48.5 Å². The highest BCUT2D eigenvalue weighted by atomic mass is 16.6. The Balaban J connectivity index is 2.35. The zero-order chi connectivity index (χ0) is 21.9. The summed E-state index contributed by atoms with van der Waals surface area (Å²) >= 11 is 0. The van der Waals surface area contributed by atoms with Gasteiger partial charge >= 0.3 is 5.97 Å². The smallest absolute Gasteiger partial charge is 0.339 e. The van der Waals surface area contributed by atoms with Crippen LogP contribution >= 0.6 is 0 Å². The van der Waals surface area contributed by atoms with E-state index in [1.165, 1.54) is 13.2 Å². The molecule has 0 aliphatic carbocycles. The Morgan fingerprint density at radius 3 is 2.07 bits per heavy atom. The van der Waals surface area contributed by atoms with Crippen LogP contribution in [0.1, 0.15) is 38.1 Å². The number of esters is 1. The van der Waals surface area contributed by atoms with Crippen LogP contribution in [0.15, 0.2) is 71.5 Å². The maximum atomic E-state index is 13.2. The number of aromatic nitrogens is 1. The Morgan fingerprint density at radius 1 is 0.967 bits per heavy atom. The molecular weight excluding hydrogens is 378 g/mol. The van der Waals surface area contributed by atoms with Gasteiger partial charge in [0.25, 0.3) is 5.56 Å². The molecule has 0 fully saturated rings. The third-order valence-corrected chi connectivity index (χ3v) is 4.73. The van der Waals surface area contributed by atoms with Gasteiger partial charge in [0.15, 0.2) is 6.10 Å². The molecule has 1 aromatic heterocycles. The molecule has 0 saturated heterocycles. The zero-order valence-electron chi connectivity index (χ0n) is 18.0. The number of hydrogen-bond acceptors (Lipinski definition) is 4. The molecule has 0 N–H and O–H groups in total. The SMILES string of the molecule is COC(=O)C(OC(C)(C)C)c1cc(=O)n(-c2ccccc2)c(C)c1-c1ccccc1. The highest BCUT2D eigenvalue weighted by Crippen LogP contribution is 2.35. The molecule has 156 valence electrons. The molecule has 0 bridgehead atoms. The second kappa shape index (κ2) is 8.67. The van der Waals surface area contributed by atoms with Gasteiger partial charge in [-0.3, -0.25) is 9.36 Å². The van der Waals surface area contributed by atoms with E-state index in [2.05, 4.69) is 0 Å². The summed E-state index contributed by atoms with van der Waals surface area (Å²) in [6.45, 7) is 7.47. The molecule has 1 heterocycles. The van der Waals surface area contributed by atoms with Crippen LogP contribution in [-0.4, -0.2) is 23.2 Å². The monoisotopic (exact) mass is 405 g/mol. The first kappa shape index (κ1) is 21.5. The summed E-state index contributed by atoms with van der Waals surface area (Å²) in [6, 6.07) is 20.6. The van der Waals surface area contributed by atoms with Crippen LogP contribution in [-0.2, 0) is 14.3 Å². The number of methoxy groups -OCH3 is 1. The lowest BCUT2D eigenvalue weighted by Crippen LogP contribution is -2.31. The average molecular weight is 405 g/mol. The molecule has 1 unspecified atom stereocenters. The first-order valence-corrected chi connectivity index (χ1v) is 9.86. The second-order valence-electron chi connectivity index (χ2n) is 8.07. The molecule has 5 heteroatoms. The first-order valence-electron chi connectivity index (χ1n) is 9.86. The molecule has 2 aromatic carbocycles. The Bertz CT molecular complexity index is 1080. The van der Waals surface area contributed by atoms with Gasteiger partial charge in [0.05, 0.1) is 12.7 Å². The number of ether oxygens (including phenoxy) is 2. The van der Waals surface area contributed by atoms with Crippen LogP contribution < -0.4 is 5.56 Å². The maximum Gasteiger partial charge on any atom is 0.339 e. The molecular formula is C25H27NO4. The first-order chi connectivity index (χ1) is 14.2. The van der Waals surface area contributed by atoms with Gasteiger partial charge in [0, 0.05) is 28.6 Å². The summed E-state index contributed by atoms with van der Waals surface area (Å²) in [4.78, 5) is 25.9. The van der Waals surface area contributed by atoms with Crippen molar-refractivity contribution in [3.63, 3.8) is 0 Å². The molecule has 30 heavy (non-hydrogen) atoms. The van der Waals surface area contributed by atoms with Gasteiger partial charge in [-0.15, -0.1) is 0 Å². The summed E-state index contributed by atoms with van der Waals surface area (Å²) in [5, 5.41) is 0. The Morgan fingerprint density at radius 2 is 1.53 bits per heavy atom. The lowest BCUT2D eigenvalue weighted by molar-refractivity contribution is -0.164. The maximum absolute atomic E-state index is 13.2. The molecule has 0 aliphatic rings. The standard InChI is InChI=1S/C25H27NO4/c1-17-22(18-12-8-6-9-13-18)20(23(24(28)29-5)30-25(2,3)4)16-21(27)26(17)19-14-10-7-11-15-19/h6-16,23H,1-5H3. The van der Waals surface area contributed by atoms with E-state index in [0.29, 0.717) is 5.56 Å². The summed E-state index contributed by atoms with van der Waals surface area (Å²) < 4.78 is 12.7. The van der Waals surface area contributed by atoms with Crippen LogP contribution in [0.5, 0.6) is 0 Å². The van der Waals surface area contributed by atoms with E-state index in [0.717, 1.165) is 22.5 Å². The van der Waals surface area contributed by atoms with Crippen LogP contribution in [0.25, 0.3) is 16.8 Å². The van der Waals surface area contributed by atoms with Gasteiger partial charge in [0.1, 0.15) is 0 Å². The van der Waals surface area contributed by atoms with Crippen molar-refractivity contribution in [3.05, 3.63) is 88.3 Å². The summed E-state index contributed by atoms with van der Waals surface area (Å²) in [5.74, 6) is -0.543. The third-order valence-electron chi connectivity index (χ3n) is 4.73. The summed E-state index contributed by atoms with van der Waals surface area (Å²) in [6.07, 6.45) is -1.03. The van der Waals surface area contributed by atoms with Gasteiger partial charge < -0.3 is 9.47 Å². The van der Waals surface area contributed by atoms with Crippen molar-refractivity contribution in [2.24, 2.45) is 0 Å². The number of para-hydroxylation sites is 1. The second-order valence-corrected chi connectivity index (χ2v) is 8.07. The van der Waals surface area contributed by atoms with Gasteiger partial charge in [-0.05, 0) is 45.4 Å². The predicted octanol–water partition coefficient (Wildman–Crippen LogP) is 4.84. The van der Waals surface area contributed by atoms with Gasteiger partial charge in [-0.25, -0.2) is 4.79 Å². The van der Waals surface area contributed by atoms with E-state index in [1.807, 2.05) is 88.4 Å². The molecule has 0 spiro atoms. The van der Waals surface area contributed by atoms with E-state index < -0.39 is 17.7 Å². The predicted molar refractivity (Wildman–Crippen MR) is 118 cm³/mol. The van der Waals surface area contributed by atoms with Crippen LogP contribution in [0.2, 0.25) is 0 Å². The van der Waals surface area contributed by atoms with E-state index >= 15 is 0 Å². The van der Waals surface area contributed by atoms with E-state index in [9.17, 15) is 9.59 Å². The van der Waals surface area contributed by atoms with Crippen LogP contribution in [0.4, 0.5) is 0 Å². The number of carbonyl (C=O) groups is 1. The molecule has 0 saturated carbocycles. The van der Waals surface area contributed by atoms with Crippen molar-refractivity contribution in [1.82, 2.24) is 4.57 Å². The van der Waals surface area contributed by atoms with Crippen LogP contribution in [0.3, 0.4) is 0 Å². The van der Waals surface area contributed by atoms with E-state index in [4.69, 9.17) is 9.47 Å². The highest BCUT2D eigenvalue weighted by molar-refractivity contribution is 5.82. The van der Waals surface area contributed by atoms with Gasteiger partial charge in [-0.2, -0.15) is 0 Å². The van der Waals surface area contributed by atoms with Crippen molar-refractivity contribution in [2.75, 3.05) is 7.11 Å². The number of benzene rings is 2. The van der Waals surface area contributed by atoms with Crippen molar-refractivity contribution >= 4 is 5.97 Å². The third kappa shape index (κ3) is 4.52. The highest BCUT2D eigenvalue weighted by Gasteiger charge is 2.32. The lowest BCUT2D eigenvalue weighted by atomic mass is 9.94. The van der Waals surface area contributed by atoms with Crippen molar-refractivity contribution in [1.29, 1.82) is 0 Å². The number of pyridine rings is 1. The van der Waals surface area contributed by atoms with E-state index in [-0.39, 0.29) is 5.56 Å². The lowest BCUT2D eigenvalue weighted by Gasteiger charge is -2.28. The largest absolute Gasteiger partial charge is 0.467 e. The summed E-state index contributed by atoms with van der Waals surface area (Å²) in [5.41, 5.74) is 2.79. The Hall–Kier alpha value is -3.18. The Labute approximate surface area is 176 Å². The molecule has 0 amide bonds. The molecule has 3 rings (SSSR count). The molecule has 0 aliphatic heterocycles. The summed E-state index contributed by atoms with van der Waals surface area (Å²) in [7, 11) is 1.32. The topological polar surface area (TPSA) is 57.5 Å². The number of nitrogens with zero attached hydrogens (tertiary/aromatic N) is 1. The molecule has 3 aromatic rings. The molecule has 1 atom stereocenters. The fraction of sp³-hybridized carbons (Fsp3) is 0.280. The zero-order valence-corrected chi connectivity index (χ0v) is 18.0. The van der Waals surface area contributed by atoms with Crippen molar-refractivity contribution in [3.8, 4) is 16.8 Å². The minimum atomic E-state index is -1.03. The average Bonchev–Trinajstić information content (AvgIpc) is 2.72. The van der Waals surface area contributed by atoms with Gasteiger partial charge in [0.2, 0.25) is 0 Å². The van der Waals surface area contributed by atoms with Crippen molar-refractivity contribution < 1.29 is 14.3 Å². The fourth-order valence-electron chi connectivity index (χ4n) is 3.54. The van der Waals surface area contributed by atoms with Crippen LogP contribution in [0, 0.1) is 6.92 Å².